The molecule has 2 aromatic rings. The minimum Gasteiger partial charge on any atom is -0.476 e. The zero-order valence-electron chi connectivity index (χ0n) is 8.74. The number of aromatic carboxylic acids is 1. The molecule has 0 unspecified atom stereocenters. The van der Waals surface area contributed by atoms with Crippen molar-refractivity contribution in [3.8, 4) is 11.8 Å². The molecular weight excluding hydrogens is 220 g/mol. The van der Waals surface area contributed by atoms with Crippen LogP contribution in [0.15, 0.2) is 30.5 Å². The average molecular weight is 228 g/mol. The molecule has 1 heterocycles. The predicted molar refractivity (Wildman–Crippen MR) is 57.6 cm³/mol. The number of hydrogen-bond acceptors (Lipinski definition) is 4. The molecule has 1 aromatic carbocycles. The Bertz CT molecular complexity index is 580. The van der Waals surface area contributed by atoms with Gasteiger partial charge in [0.25, 0.3) is 0 Å². The third-order valence-electron chi connectivity index (χ3n) is 2.23. The van der Waals surface area contributed by atoms with Crippen LogP contribution in [-0.2, 0) is 6.42 Å². The summed E-state index contributed by atoms with van der Waals surface area (Å²) < 4.78 is 1.23. The Morgan fingerprint density at radius 3 is 2.71 bits per heavy atom. The molecule has 0 spiro atoms. The van der Waals surface area contributed by atoms with Crippen LogP contribution in [0, 0.1) is 11.3 Å². The minimum atomic E-state index is -1.09. The standard InChI is InChI=1S/C11H8N4O2/c12-6-5-8-1-3-9(4-2-8)15-10(11(16)17)7-13-14-15/h1-4,7H,5H2,(H,16,17). The fourth-order valence-corrected chi connectivity index (χ4v) is 1.42. The number of benzene rings is 1. The molecule has 1 aromatic heterocycles. The lowest BCUT2D eigenvalue weighted by Gasteiger charge is -2.03. The summed E-state index contributed by atoms with van der Waals surface area (Å²) in [5.74, 6) is -1.09. The highest BCUT2D eigenvalue weighted by Crippen LogP contribution is 2.11. The number of nitriles is 1. The molecule has 0 fully saturated rings. The molecule has 0 aliphatic rings. The Labute approximate surface area is 96.7 Å². The summed E-state index contributed by atoms with van der Waals surface area (Å²) in [6.07, 6.45) is 1.51. The zero-order chi connectivity index (χ0) is 12.3. The molecule has 0 bridgehead atoms. The summed E-state index contributed by atoms with van der Waals surface area (Å²) >= 11 is 0. The van der Waals surface area contributed by atoms with Crippen molar-refractivity contribution in [1.29, 1.82) is 5.26 Å². The molecule has 0 saturated heterocycles. The van der Waals surface area contributed by atoms with Gasteiger partial charge in [-0.3, -0.25) is 0 Å². The van der Waals surface area contributed by atoms with E-state index < -0.39 is 5.97 Å². The van der Waals surface area contributed by atoms with E-state index in [4.69, 9.17) is 10.4 Å². The highest BCUT2D eigenvalue weighted by atomic mass is 16.4. The zero-order valence-corrected chi connectivity index (χ0v) is 8.74. The molecular formula is C11H8N4O2. The quantitative estimate of drug-likeness (QED) is 0.847. The maximum absolute atomic E-state index is 10.9. The van der Waals surface area contributed by atoms with E-state index in [0.29, 0.717) is 12.1 Å². The third kappa shape index (κ3) is 2.13. The minimum absolute atomic E-state index is 0.00182. The first-order valence-electron chi connectivity index (χ1n) is 4.82. The molecule has 0 atom stereocenters. The van der Waals surface area contributed by atoms with Gasteiger partial charge in [0.05, 0.1) is 24.4 Å². The molecule has 6 heteroatoms. The van der Waals surface area contributed by atoms with Gasteiger partial charge in [0, 0.05) is 0 Å². The molecule has 1 N–H and O–H groups in total. The lowest BCUT2D eigenvalue weighted by atomic mass is 10.1. The van der Waals surface area contributed by atoms with Gasteiger partial charge >= 0.3 is 5.97 Å². The van der Waals surface area contributed by atoms with Gasteiger partial charge in [0.2, 0.25) is 0 Å². The van der Waals surface area contributed by atoms with Crippen LogP contribution >= 0.6 is 0 Å². The van der Waals surface area contributed by atoms with Crippen molar-refractivity contribution in [2.45, 2.75) is 6.42 Å². The smallest absolute Gasteiger partial charge is 0.356 e. The topological polar surface area (TPSA) is 91.8 Å². The Balaban J connectivity index is 2.37. The maximum atomic E-state index is 10.9. The summed E-state index contributed by atoms with van der Waals surface area (Å²) in [6, 6.07) is 8.95. The molecule has 0 aliphatic carbocycles. The molecule has 0 amide bonds. The van der Waals surface area contributed by atoms with Crippen LogP contribution in [0.2, 0.25) is 0 Å². The Hall–Kier alpha value is -2.68. The van der Waals surface area contributed by atoms with Crippen molar-refractivity contribution in [2.75, 3.05) is 0 Å². The Morgan fingerprint density at radius 2 is 2.12 bits per heavy atom. The van der Waals surface area contributed by atoms with Crippen LogP contribution < -0.4 is 0 Å². The third-order valence-corrected chi connectivity index (χ3v) is 2.23. The van der Waals surface area contributed by atoms with Crippen molar-refractivity contribution in [1.82, 2.24) is 15.0 Å². The number of carboxylic acids is 1. The Morgan fingerprint density at radius 1 is 1.41 bits per heavy atom. The van der Waals surface area contributed by atoms with Gasteiger partial charge in [-0.25, -0.2) is 9.48 Å². The van der Waals surface area contributed by atoms with E-state index in [0.717, 1.165) is 5.56 Å². The van der Waals surface area contributed by atoms with Crippen LogP contribution in [0.3, 0.4) is 0 Å². The predicted octanol–water partition coefficient (Wildman–Crippen LogP) is 1.03. The number of hydrogen-bond donors (Lipinski definition) is 1. The first-order valence-corrected chi connectivity index (χ1v) is 4.82. The summed E-state index contributed by atoms with van der Waals surface area (Å²) in [4.78, 5) is 10.9. The average Bonchev–Trinajstić information content (AvgIpc) is 2.79. The highest BCUT2D eigenvalue weighted by molar-refractivity contribution is 5.85. The first kappa shape index (κ1) is 10.8. The van der Waals surface area contributed by atoms with Crippen molar-refractivity contribution in [3.63, 3.8) is 0 Å². The van der Waals surface area contributed by atoms with E-state index in [1.54, 1.807) is 24.3 Å². The van der Waals surface area contributed by atoms with Crippen LogP contribution in [0.4, 0.5) is 0 Å². The van der Waals surface area contributed by atoms with Gasteiger partial charge in [-0.1, -0.05) is 17.3 Å². The van der Waals surface area contributed by atoms with Crippen molar-refractivity contribution >= 4 is 5.97 Å². The van der Waals surface area contributed by atoms with Gasteiger partial charge < -0.3 is 5.11 Å². The fourth-order valence-electron chi connectivity index (χ4n) is 1.42. The van der Waals surface area contributed by atoms with Crippen molar-refractivity contribution < 1.29 is 9.90 Å². The van der Waals surface area contributed by atoms with Crippen LogP contribution in [0.1, 0.15) is 16.1 Å². The number of carbonyl (C=O) groups is 1. The maximum Gasteiger partial charge on any atom is 0.356 e. The molecule has 0 radical (unpaired) electrons. The SMILES string of the molecule is N#CCc1ccc(-n2nncc2C(=O)O)cc1. The monoisotopic (exact) mass is 228 g/mol. The van der Waals surface area contributed by atoms with Gasteiger partial charge in [-0.05, 0) is 17.7 Å². The number of nitrogens with zero attached hydrogens (tertiary/aromatic N) is 4. The molecule has 84 valence electrons. The molecule has 17 heavy (non-hydrogen) atoms. The van der Waals surface area contributed by atoms with E-state index in [2.05, 4.69) is 10.3 Å². The van der Waals surface area contributed by atoms with Crippen LogP contribution in [0.5, 0.6) is 0 Å². The van der Waals surface area contributed by atoms with Crippen molar-refractivity contribution in [2.24, 2.45) is 0 Å². The summed E-state index contributed by atoms with van der Waals surface area (Å²) in [7, 11) is 0. The van der Waals surface area contributed by atoms with E-state index in [-0.39, 0.29) is 5.69 Å². The van der Waals surface area contributed by atoms with E-state index >= 15 is 0 Å². The fraction of sp³-hybridized carbons (Fsp3) is 0.0909. The van der Waals surface area contributed by atoms with Crippen LogP contribution in [0.25, 0.3) is 5.69 Å². The molecule has 0 aliphatic heterocycles. The summed E-state index contributed by atoms with van der Waals surface area (Å²) in [5.41, 5.74) is 1.47. The lowest BCUT2D eigenvalue weighted by molar-refractivity contribution is 0.0687. The first-order chi connectivity index (χ1) is 8.22. The second kappa shape index (κ2) is 4.45. The second-order valence-electron chi connectivity index (χ2n) is 3.34. The largest absolute Gasteiger partial charge is 0.476 e. The van der Waals surface area contributed by atoms with Gasteiger partial charge in [0.1, 0.15) is 0 Å². The summed E-state index contributed by atoms with van der Waals surface area (Å²) in [6.45, 7) is 0. The Kier molecular flexibility index (Phi) is 2.83. The second-order valence-corrected chi connectivity index (χ2v) is 3.34. The highest BCUT2D eigenvalue weighted by Gasteiger charge is 2.12. The lowest BCUT2D eigenvalue weighted by Crippen LogP contribution is -2.07. The van der Waals surface area contributed by atoms with Crippen molar-refractivity contribution in [3.05, 3.63) is 41.7 Å². The van der Waals surface area contributed by atoms with E-state index in [9.17, 15) is 4.79 Å². The molecule has 0 saturated carbocycles. The van der Waals surface area contributed by atoms with Gasteiger partial charge in [-0.2, -0.15) is 5.26 Å². The van der Waals surface area contributed by atoms with Gasteiger partial charge in [-0.15, -0.1) is 5.10 Å². The van der Waals surface area contributed by atoms with Crippen LogP contribution in [-0.4, -0.2) is 26.1 Å². The number of aromatic nitrogens is 3. The van der Waals surface area contributed by atoms with E-state index in [1.807, 2.05) is 6.07 Å². The summed E-state index contributed by atoms with van der Waals surface area (Å²) in [5, 5.41) is 24.7. The van der Waals surface area contributed by atoms with E-state index in [1.165, 1.54) is 10.9 Å². The number of carboxylic acid groups (broad SMARTS) is 1. The van der Waals surface area contributed by atoms with Gasteiger partial charge in [0.15, 0.2) is 5.69 Å². The normalized spacial score (nSPS) is 9.82. The molecule has 6 nitrogen and oxygen atoms in total. The molecule has 2 rings (SSSR count). The number of rotatable bonds is 3.